The van der Waals surface area contributed by atoms with Crippen LogP contribution in [0.4, 0.5) is 10.5 Å². The van der Waals surface area contributed by atoms with Crippen LogP contribution in [0.3, 0.4) is 0 Å². The number of para-hydroxylation sites is 1. The van der Waals surface area contributed by atoms with E-state index in [1.54, 1.807) is 0 Å². The van der Waals surface area contributed by atoms with E-state index in [1.165, 1.54) is 11.4 Å². The molecular formula is C15H19N3O. The van der Waals surface area contributed by atoms with E-state index in [4.69, 9.17) is 0 Å². The molecule has 0 saturated carbocycles. The minimum atomic E-state index is -0.173. The van der Waals surface area contributed by atoms with Gasteiger partial charge in [-0.15, -0.1) is 0 Å². The Morgan fingerprint density at radius 3 is 2.32 bits per heavy atom. The molecular weight excluding hydrogens is 238 g/mol. The summed E-state index contributed by atoms with van der Waals surface area (Å²) in [4.78, 5) is 11.7. The van der Waals surface area contributed by atoms with E-state index in [9.17, 15) is 4.79 Å². The average Bonchev–Trinajstić information content (AvgIpc) is 2.71. The van der Waals surface area contributed by atoms with Gasteiger partial charge in [-0.3, -0.25) is 0 Å². The first-order valence-corrected chi connectivity index (χ1v) is 6.39. The van der Waals surface area contributed by atoms with Gasteiger partial charge in [-0.25, -0.2) is 4.79 Å². The maximum absolute atomic E-state index is 11.7. The summed E-state index contributed by atoms with van der Waals surface area (Å²) in [6.07, 6.45) is 0. The molecule has 2 amide bonds. The van der Waals surface area contributed by atoms with Crippen LogP contribution in [0.2, 0.25) is 0 Å². The van der Waals surface area contributed by atoms with Crippen LogP contribution in [0.15, 0.2) is 42.5 Å². The number of nitrogens with one attached hydrogen (secondary N) is 2. The summed E-state index contributed by atoms with van der Waals surface area (Å²) >= 11 is 0. The first-order chi connectivity index (χ1) is 9.16. The maximum Gasteiger partial charge on any atom is 0.319 e. The molecule has 19 heavy (non-hydrogen) atoms. The molecule has 0 aliphatic heterocycles. The minimum absolute atomic E-state index is 0.173. The number of carbonyl (C=O) groups excluding carboxylic acids is 1. The van der Waals surface area contributed by atoms with Gasteiger partial charge in [0, 0.05) is 30.2 Å². The fourth-order valence-electron chi connectivity index (χ4n) is 2.03. The van der Waals surface area contributed by atoms with Crippen molar-refractivity contribution in [1.29, 1.82) is 0 Å². The van der Waals surface area contributed by atoms with Gasteiger partial charge < -0.3 is 15.2 Å². The molecule has 0 atom stereocenters. The number of amides is 2. The highest BCUT2D eigenvalue weighted by Gasteiger charge is 2.03. The van der Waals surface area contributed by atoms with Crippen molar-refractivity contribution in [3.8, 4) is 0 Å². The van der Waals surface area contributed by atoms with Crippen LogP contribution in [-0.2, 0) is 6.54 Å². The van der Waals surface area contributed by atoms with E-state index in [1.807, 2.05) is 30.3 Å². The Hall–Kier alpha value is -2.23. The van der Waals surface area contributed by atoms with Gasteiger partial charge in [0.1, 0.15) is 0 Å². The van der Waals surface area contributed by atoms with Gasteiger partial charge in [-0.2, -0.15) is 0 Å². The second-order valence-corrected chi connectivity index (χ2v) is 4.51. The molecule has 0 aliphatic rings. The summed E-state index contributed by atoms with van der Waals surface area (Å²) in [6.45, 7) is 5.52. The van der Waals surface area contributed by atoms with E-state index in [-0.39, 0.29) is 6.03 Å². The zero-order chi connectivity index (χ0) is 13.7. The van der Waals surface area contributed by atoms with Crippen molar-refractivity contribution in [1.82, 2.24) is 9.88 Å². The molecule has 1 heterocycles. The SMILES string of the molecule is Cc1ccc(C)n1CCNC(=O)Nc1ccccc1. The quantitative estimate of drug-likeness (QED) is 0.869. The summed E-state index contributed by atoms with van der Waals surface area (Å²) < 4.78 is 2.18. The number of aromatic nitrogens is 1. The number of aryl methyl sites for hydroxylation is 2. The first-order valence-electron chi connectivity index (χ1n) is 6.39. The zero-order valence-corrected chi connectivity index (χ0v) is 11.3. The molecule has 0 unspecified atom stereocenters. The van der Waals surface area contributed by atoms with Gasteiger partial charge in [0.05, 0.1) is 0 Å². The molecule has 0 saturated heterocycles. The molecule has 2 rings (SSSR count). The molecule has 1 aromatic heterocycles. The second kappa shape index (κ2) is 6.09. The van der Waals surface area contributed by atoms with Gasteiger partial charge in [-0.1, -0.05) is 18.2 Å². The monoisotopic (exact) mass is 257 g/mol. The fourth-order valence-corrected chi connectivity index (χ4v) is 2.03. The molecule has 0 bridgehead atoms. The van der Waals surface area contributed by atoms with Crippen molar-refractivity contribution in [2.24, 2.45) is 0 Å². The van der Waals surface area contributed by atoms with Crippen LogP contribution < -0.4 is 10.6 Å². The predicted molar refractivity (Wildman–Crippen MR) is 77.4 cm³/mol. The Balaban J connectivity index is 1.79. The number of rotatable bonds is 4. The van der Waals surface area contributed by atoms with Gasteiger partial charge in [0.25, 0.3) is 0 Å². The van der Waals surface area contributed by atoms with E-state index in [2.05, 4.69) is 41.2 Å². The summed E-state index contributed by atoms with van der Waals surface area (Å²) in [6, 6.07) is 13.4. The Morgan fingerprint density at radius 1 is 1.05 bits per heavy atom. The van der Waals surface area contributed by atoms with Gasteiger partial charge in [0.2, 0.25) is 0 Å². The summed E-state index contributed by atoms with van der Waals surface area (Å²) in [5.41, 5.74) is 3.22. The highest BCUT2D eigenvalue weighted by molar-refractivity contribution is 5.89. The largest absolute Gasteiger partial charge is 0.347 e. The maximum atomic E-state index is 11.7. The lowest BCUT2D eigenvalue weighted by atomic mass is 10.3. The fraction of sp³-hybridized carbons (Fsp3) is 0.267. The van der Waals surface area contributed by atoms with Crippen molar-refractivity contribution in [3.63, 3.8) is 0 Å². The first kappa shape index (κ1) is 13.2. The topological polar surface area (TPSA) is 46.1 Å². The summed E-state index contributed by atoms with van der Waals surface area (Å²) in [5, 5.41) is 5.64. The Kier molecular flexibility index (Phi) is 4.23. The average molecular weight is 257 g/mol. The molecule has 2 N–H and O–H groups in total. The van der Waals surface area contributed by atoms with Crippen LogP contribution in [0, 0.1) is 13.8 Å². The number of benzene rings is 1. The van der Waals surface area contributed by atoms with E-state index in [0.29, 0.717) is 6.54 Å². The standard InChI is InChI=1S/C15H19N3O/c1-12-8-9-13(2)18(12)11-10-16-15(19)17-14-6-4-3-5-7-14/h3-9H,10-11H2,1-2H3,(H2,16,17,19). The molecule has 4 heteroatoms. The number of hydrogen-bond donors (Lipinski definition) is 2. The van der Waals surface area contributed by atoms with Gasteiger partial charge in [-0.05, 0) is 38.1 Å². The number of anilines is 1. The third-order valence-corrected chi connectivity index (χ3v) is 3.07. The van der Waals surface area contributed by atoms with Crippen molar-refractivity contribution in [2.75, 3.05) is 11.9 Å². The van der Waals surface area contributed by atoms with Crippen LogP contribution in [0.25, 0.3) is 0 Å². The van der Waals surface area contributed by atoms with Gasteiger partial charge in [0.15, 0.2) is 0 Å². The molecule has 0 radical (unpaired) electrons. The number of urea groups is 1. The number of carbonyl (C=O) groups is 1. The lowest BCUT2D eigenvalue weighted by Gasteiger charge is -2.11. The van der Waals surface area contributed by atoms with Crippen molar-refractivity contribution >= 4 is 11.7 Å². The van der Waals surface area contributed by atoms with Crippen molar-refractivity contribution < 1.29 is 4.79 Å². The lowest BCUT2D eigenvalue weighted by Crippen LogP contribution is -2.31. The molecule has 0 spiro atoms. The highest BCUT2D eigenvalue weighted by Crippen LogP contribution is 2.06. The molecule has 2 aromatic rings. The van der Waals surface area contributed by atoms with Crippen molar-refractivity contribution in [3.05, 3.63) is 53.9 Å². The highest BCUT2D eigenvalue weighted by atomic mass is 16.2. The van der Waals surface area contributed by atoms with Crippen molar-refractivity contribution in [2.45, 2.75) is 20.4 Å². The molecule has 4 nitrogen and oxygen atoms in total. The van der Waals surface area contributed by atoms with Crippen LogP contribution >= 0.6 is 0 Å². The van der Waals surface area contributed by atoms with Crippen LogP contribution in [-0.4, -0.2) is 17.1 Å². The normalized spacial score (nSPS) is 10.2. The third kappa shape index (κ3) is 3.61. The zero-order valence-electron chi connectivity index (χ0n) is 11.3. The smallest absolute Gasteiger partial charge is 0.319 e. The Morgan fingerprint density at radius 2 is 1.68 bits per heavy atom. The number of nitrogens with zero attached hydrogens (tertiary/aromatic N) is 1. The summed E-state index contributed by atoms with van der Waals surface area (Å²) in [7, 11) is 0. The second-order valence-electron chi connectivity index (χ2n) is 4.51. The lowest BCUT2D eigenvalue weighted by molar-refractivity contribution is 0.251. The summed E-state index contributed by atoms with van der Waals surface area (Å²) in [5.74, 6) is 0. The molecule has 0 fully saturated rings. The Bertz CT molecular complexity index is 526. The van der Waals surface area contributed by atoms with E-state index in [0.717, 1.165) is 12.2 Å². The Labute approximate surface area is 113 Å². The molecule has 100 valence electrons. The van der Waals surface area contributed by atoms with Crippen LogP contribution in [0.1, 0.15) is 11.4 Å². The third-order valence-electron chi connectivity index (χ3n) is 3.07. The van der Waals surface area contributed by atoms with Gasteiger partial charge >= 0.3 is 6.03 Å². The molecule has 0 aliphatic carbocycles. The predicted octanol–water partition coefficient (Wildman–Crippen LogP) is 2.93. The number of hydrogen-bond acceptors (Lipinski definition) is 1. The molecule has 1 aromatic carbocycles. The van der Waals surface area contributed by atoms with E-state index < -0.39 is 0 Å². The minimum Gasteiger partial charge on any atom is -0.347 e. The van der Waals surface area contributed by atoms with E-state index >= 15 is 0 Å². The van der Waals surface area contributed by atoms with Crippen LogP contribution in [0.5, 0.6) is 0 Å².